The maximum absolute atomic E-state index is 12.5. The molecular weight excluding hydrogens is 556 g/mol. The minimum absolute atomic E-state index is 0.114. The van der Waals surface area contributed by atoms with Crippen molar-refractivity contribution in [2.24, 2.45) is 5.10 Å². The molecule has 38 heavy (non-hydrogen) atoms. The highest BCUT2D eigenvalue weighted by Gasteiger charge is 2.13. The lowest BCUT2D eigenvalue weighted by Crippen LogP contribution is -2.38. The zero-order chi connectivity index (χ0) is 28.1. The Bertz CT molecular complexity index is 1130. The van der Waals surface area contributed by atoms with Crippen LogP contribution in [0.25, 0.3) is 0 Å². The second-order valence-corrected chi connectivity index (χ2v) is 9.53. The lowest BCUT2D eigenvalue weighted by atomic mass is 10.1. The summed E-state index contributed by atoms with van der Waals surface area (Å²) in [5.74, 6) is -1.17. The molecule has 0 aliphatic rings. The van der Waals surface area contributed by atoms with Crippen molar-refractivity contribution in [3.63, 3.8) is 0 Å². The minimum Gasteiger partial charge on any atom is -0.490 e. The first-order chi connectivity index (χ1) is 18.1. The van der Waals surface area contributed by atoms with E-state index >= 15 is 0 Å². The van der Waals surface area contributed by atoms with Crippen LogP contribution in [0.1, 0.15) is 43.9 Å². The summed E-state index contributed by atoms with van der Waals surface area (Å²) < 4.78 is 17.7. The van der Waals surface area contributed by atoms with Crippen LogP contribution in [0.3, 0.4) is 0 Å². The molecule has 0 aliphatic carbocycles. The summed E-state index contributed by atoms with van der Waals surface area (Å²) >= 11 is 3.45. The topological polar surface area (TPSA) is 127 Å². The number of rotatable bonds is 13. The second kappa shape index (κ2) is 15.7. The lowest BCUT2D eigenvalue weighted by Gasteiger charge is -2.14. The highest BCUT2D eigenvalue weighted by Crippen LogP contribution is 2.29. The third-order valence-electron chi connectivity index (χ3n) is 5.03. The molecule has 11 heteroatoms. The fraction of sp³-hybridized carbons (Fsp3) is 0.407. The average molecular weight is 592 g/mol. The van der Waals surface area contributed by atoms with E-state index in [4.69, 9.17) is 14.2 Å². The van der Waals surface area contributed by atoms with Crippen LogP contribution in [0.15, 0.2) is 39.9 Å². The molecule has 0 aromatic heterocycles. The van der Waals surface area contributed by atoms with Crippen LogP contribution in [-0.2, 0) is 19.1 Å². The van der Waals surface area contributed by atoms with Crippen LogP contribution >= 0.6 is 15.9 Å². The molecule has 0 saturated heterocycles. The fourth-order valence-electron chi connectivity index (χ4n) is 3.31. The van der Waals surface area contributed by atoms with E-state index in [0.717, 1.165) is 21.3 Å². The Balaban J connectivity index is 1.90. The molecule has 0 unspecified atom stereocenters. The summed E-state index contributed by atoms with van der Waals surface area (Å²) in [6.45, 7) is 10.5. The van der Waals surface area contributed by atoms with Gasteiger partial charge in [-0.25, -0.2) is 5.43 Å². The third kappa shape index (κ3) is 10.5. The van der Waals surface area contributed by atoms with Crippen molar-refractivity contribution >= 4 is 45.6 Å². The number of hydrogen-bond acceptors (Lipinski definition) is 7. The first kappa shape index (κ1) is 30.8. The van der Waals surface area contributed by atoms with Gasteiger partial charge in [0.2, 0.25) is 0 Å². The number of ether oxygens (including phenoxy) is 3. The van der Waals surface area contributed by atoms with Gasteiger partial charge in [0.15, 0.2) is 18.1 Å². The van der Waals surface area contributed by atoms with E-state index in [2.05, 4.69) is 37.1 Å². The molecule has 3 N–H and O–H groups in total. The molecule has 0 radical (unpaired) electrons. The van der Waals surface area contributed by atoms with Gasteiger partial charge in [-0.3, -0.25) is 14.4 Å². The molecule has 0 aliphatic heterocycles. The molecule has 0 saturated carbocycles. The van der Waals surface area contributed by atoms with Gasteiger partial charge < -0.3 is 24.8 Å². The Labute approximate surface area is 231 Å². The van der Waals surface area contributed by atoms with Gasteiger partial charge in [-0.05, 0) is 88.1 Å². The summed E-state index contributed by atoms with van der Waals surface area (Å²) in [4.78, 5) is 36.3. The van der Waals surface area contributed by atoms with E-state index in [9.17, 15) is 14.4 Å². The molecule has 206 valence electrons. The van der Waals surface area contributed by atoms with Gasteiger partial charge in [0.1, 0.15) is 0 Å². The van der Waals surface area contributed by atoms with Crippen molar-refractivity contribution in [1.82, 2.24) is 10.7 Å². The number of benzene rings is 2. The number of nitrogens with one attached hydrogen (secondary N) is 3. The number of carbonyl (C=O) groups excluding carboxylic acids is 3. The minimum atomic E-state index is -0.877. The summed E-state index contributed by atoms with van der Waals surface area (Å²) in [5, 5.41) is 9.22. The van der Waals surface area contributed by atoms with E-state index in [0.29, 0.717) is 43.2 Å². The van der Waals surface area contributed by atoms with E-state index in [-0.39, 0.29) is 18.6 Å². The van der Waals surface area contributed by atoms with E-state index in [1.54, 1.807) is 18.2 Å². The molecular formula is C27H35BrN4O6. The Hall–Kier alpha value is -3.44. The molecule has 10 nitrogen and oxygen atoms in total. The number of aryl methyl sites for hydroxylation is 2. The van der Waals surface area contributed by atoms with Gasteiger partial charge in [-0.2, -0.15) is 5.10 Å². The van der Waals surface area contributed by atoms with Crippen molar-refractivity contribution in [3.05, 3.63) is 51.5 Å². The zero-order valence-electron chi connectivity index (χ0n) is 22.4. The van der Waals surface area contributed by atoms with Crippen LogP contribution in [-0.4, -0.2) is 56.4 Å². The largest absolute Gasteiger partial charge is 0.490 e. The highest BCUT2D eigenvalue weighted by atomic mass is 79.9. The van der Waals surface area contributed by atoms with Crippen LogP contribution in [0, 0.1) is 13.8 Å². The van der Waals surface area contributed by atoms with E-state index < -0.39 is 11.8 Å². The predicted molar refractivity (Wildman–Crippen MR) is 150 cm³/mol. The number of carbonyl (C=O) groups is 3. The number of hydrazone groups is 1. The molecule has 3 amide bonds. The second-order valence-electron chi connectivity index (χ2n) is 8.62. The molecule has 2 aromatic rings. The normalized spacial score (nSPS) is 10.9. The molecule has 2 aromatic carbocycles. The van der Waals surface area contributed by atoms with Gasteiger partial charge in [0.05, 0.1) is 18.9 Å². The maximum atomic E-state index is 12.5. The van der Waals surface area contributed by atoms with Crippen LogP contribution in [0.5, 0.6) is 11.5 Å². The molecule has 0 spiro atoms. The summed E-state index contributed by atoms with van der Waals surface area (Å²) in [6, 6.07) is 8.84. The molecule has 0 heterocycles. The van der Waals surface area contributed by atoms with Gasteiger partial charge in [0, 0.05) is 23.3 Å². The molecule has 2 rings (SSSR count). The van der Waals surface area contributed by atoms with Crippen LogP contribution < -0.4 is 25.5 Å². The number of halogens is 1. The third-order valence-corrected chi connectivity index (χ3v) is 5.49. The first-order valence-electron chi connectivity index (χ1n) is 12.3. The SMILES string of the molecule is CCOc1cc(/C=N\NC(=O)C(=O)NCCCOC(C)C)ccc1OCC(=O)Nc1c(C)cc(Br)cc1C. The zero-order valence-corrected chi connectivity index (χ0v) is 23.9. The van der Waals surface area contributed by atoms with Crippen molar-refractivity contribution in [1.29, 1.82) is 0 Å². The quantitative estimate of drug-likeness (QED) is 0.141. The van der Waals surface area contributed by atoms with Gasteiger partial charge >= 0.3 is 11.8 Å². The van der Waals surface area contributed by atoms with Crippen LogP contribution in [0.4, 0.5) is 5.69 Å². The summed E-state index contributed by atoms with van der Waals surface area (Å²) in [6.07, 6.45) is 2.09. The smallest absolute Gasteiger partial charge is 0.329 e. The van der Waals surface area contributed by atoms with Gasteiger partial charge in [-0.15, -0.1) is 0 Å². The van der Waals surface area contributed by atoms with Crippen molar-refractivity contribution in [3.8, 4) is 11.5 Å². The Morgan fingerprint density at radius 1 is 1.03 bits per heavy atom. The molecule has 0 atom stereocenters. The Kier molecular flexibility index (Phi) is 12.7. The summed E-state index contributed by atoms with van der Waals surface area (Å²) in [5.41, 5.74) is 5.40. The number of amides is 3. The fourth-order valence-corrected chi connectivity index (χ4v) is 4.00. The molecule has 0 fully saturated rings. The standard InChI is InChI=1S/C27H35BrN4O6/c1-6-36-23-14-20(15-30-32-27(35)26(34)29-10-7-11-37-17(2)3)8-9-22(23)38-16-24(33)31-25-18(4)12-21(28)13-19(25)5/h8-9,12-15,17H,6-7,10-11,16H2,1-5H3,(H,29,34)(H,31,33)(H,32,35)/b30-15-. The number of hydrogen-bond donors (Lipinski definition) is 3. The van der Waals surface area contributed by atoms with Crippen molar-refractivity contribution in [2.75, 3.05) is 31.7 Å². The van der Waals surface area contributed by atoms with E-state index in [1.165, 1.54) is 6.21 Å². The predicted octanol–water partition coefficient (Wildman–Crippen LogP) is 3.86. The Morgan fingerprint density at radius 2 is 1.74 bits per heavy atom. The van der Waals surface area contributed by atoms with Crippen molar-refractivity contribution < 1.29 is 28.6 Å². The van der Waals surface area contributed by atoms with E-state index in [1.807, 2.05) is 46.8 Å². The van der Waals surface area contributed by atoms with Gasteiger partial charge in [0.25, 0.3) is 5.91 Å². The monoisotopic (exact) mass is 590 g/mol. The van der Waals surface area contributed by atoms with Crippen molar-refractivity contribution in [2.45, 2.75) is 47.1 Å². The van der Waals surface area contributed by atoms with Gasteiger partial charge in [-0.1, -0.05) is 15.9 Å². The summed E-state index contributed by atoms with van der Waals surface area (Å²) in [7, 11) is 0. The average Bonchev–Trinajstić information content (AvgIpc) is 2.85. The number of anilines is 1. The number of nitrogens with zero attached hydrogens (tertiary/aromatic N) is 1. The van der Waals surface area contributed by atoms with Crippen LogP contribution in [0.2, 0.25) is 0 Å². The highest BCUT2D eigenvalue weighted by molar-refractivity contribution is 9.10. The lowest BCUT2D eigenvalue weighted by molar-refractivity contribution is -0.139. The molecule has 0 bridgehead atoms. The Morgan fingerprint density at radius 3 is 2.39 bits per heavy atom. The first-order valence-corrected chi connectivity index (χ1v) is 13.1. The maximum Gasteiger partial charge on any atom is 0.329 e.